The van der Waals surface area contributed by atoms with Gasteiger partial charge in [-0.15, -0.1) is 0 Å². The highest BCUT2D eigenvalue weighted by molar-refractivity contribution is 6.22. The molecule has 0 unspecified atom stereocenters. The molecule has 0 bridgehead atoms. The lowest BCUT2D eigenvalue weighted by molar-refractivity contribution is -0.117. The van der Waals surface area contributed by atoms with E-state index in [2.05, 4.69) is 52.0 Å². The van der Waals surface area contributed by atoms with E-state index in [9.17, 15) is 4.79 Å². The van der Waals surface area contributed by atoms with E-state index in [1.807, 2.05) is 25.2 Å². The normalized spacial score (nSPS) is 16.0. The molecule has 0 N–H and O–H groups in total. The first-order chi connectivity index (χ1) is 11.9. The summed E-state index contributed by atoms with van der Waals surface area (Å²) in [7, 11) is 1.83. The second kappa shape index (κ2) is 6.83. The number of benzene rings is 2. The van der Waals surface area contributed by atoms with E-state index in [-0.39, 0.29) is 5.91 Å². The molecule has 3 heteroatoms. The smallest absolute Gasteiger partial charge is 0.232 e. The van der Waals surface area contributed by atoms with Crippen molar-refractivity contribution < 1.29 is 4.79 Å². The van der Waals surface area contributed by atoms with Crippen LogP contribution in [0.1, 0.15) is 62.6 Å². The van der Waals surface area contributed by atoms with Gasteiger partial charge in [0, 0.05) is 12.6 Å². The molecule has 1 aliphatic rings. The zero-order valence-corrected chi connectivity index (χ0v) is 15.7. The van der Waals surface area contributed by atoms with E-state index < -0.39 is 0 Å². The van der Waals surface area contributed by atoms with Gasteiger partial charge in [0.1, 0.15) is 0 Å². The van der Waals surface area contributed by atoms with Crippen LogP contribution in [0.2, 0.25) is 0 Å². The van der Waals surface area contributed by atoms with Crippen LogP contribution in [0.4, 0.5) is 11.4 Å². The molecule has 2 aromatic carbocycles. The van der Waals surface area contributed by atoms with Gasteiger partial charge in [0.25, 0.3) is 0 Å². The van der Waals surface area contributed by atoms with Crippen molar-refractivity contribution in [3.8, 4) is 0 Å². The van der Waals surface area contributed by atoms with Crippen LogP contribution in [0.5, 0.6) is 0 Å². The van der Waals surface area contributed by atoms with Crippen LogP contribution in [-0.4, -0.2) is 18.7 Å². The van der Waals surface area contributed by atoms with Gasteiger partial charge in [-0.25, -0.2) is 0 Å². The Kier molecular flexibility index (Phi) is 4.76. The van der Waals surface area contributed by atoms with Crippen LogP contribution in [0.15, 0.2) is 47.5 Å². The minimum Gasteiger partial charge on any atom is -0.314 e. The maximum Gasteiger partial charge on any atom is 0.232 e. The molecule has 0 atom stereocenters. The molecular weight excluding hydrogens is 308 g/mol. The summed E-state index contributed by atoms with van der Waals surface area (Å²) >= 11 is 0. The van der Waals surface area contributed by atoms with E-state index in [0.717, 1.165) is 22.6 Å². The number of anilines is 1. The third-order valence-corrected chi connectivity index (χ3v) is 4.86. The lowest BCUT2D eigenvalue weighted by atomic mass is 9.92. The number of carbonyl (C=O) groups excluding carboxylic acids is 1. The van der Waals surface area contributed by atoms with Gasteiger partial charge in [-0.05, 0) is 29.0 Å². The zero-order valence-electron chi connectivity index (χ0n) is 15.7. The highest BCUT2D eigenvalue weighted by Crippen LogP contribution is 2.37. The van der Waals surface area contributed by atoms with Crippen molar-refractivity contribution in [2.45, 2.75) is 46.0 Å². The quantitative estimate of drug-likeness (QED) is 0.737. The van der Waals surface area contributed by atoms with Gasteiger partial charge in [-0.1, -0.05) is 64.1 Å². The topological polar surface area (TPSA) is 32.7 Å². The molecule has 2 aromatic rings. The minimum absolute atomic E-state index is 0.0885. The molecule has 25 heavy (non-hydrogen) atoms. The van der Waals surface area contributed by atoms with E-state index in [0.29, 0.717) is 18.3 Å². The van der Waals surface area contributed by atoms with Gasteiger partial charge < -0.3 is 4.90 Å². The van der Waals surface area contributed by atoms with Crippen molar-refractivity contribution in [1.29, 1.82) is 0 Å². The van der Waals surface area contributed by atoms with Gasteiger partial charge >= 0.3 is 0 Å². The Labute approximate surface area is 150 Å². The third-order valence-electron chi connectivity index (χ3n) is 4.86. The highest BCUT2D eigenvalue weighted by Gasteiger charge is 2.26. The molecule has 0 aromatic heterocycles. The zero-order chi connectivity index (χ0) is 18.1. The van der Waals surface area contributed by atoms with Gasteiger partial charge in [0.05, 0.1) is 23.5 Å². The van der Waals surface area contributed by atoms with Crippen molar-refractivity contribution >= 4 is 23.0 Å². The van der Waals surface area contributed by atoms with E-state index in [1.54, 1.807) is 4.90 Å². The highest BCUT2D eigenvalue weighted by atomic mass is 16.2. The Bertz CT molecular complexity index is 807. The Morgan fingerprint density at radius 1 is 0.920 bits per heavy atom. The summed E-state index contributed by atoms with van der Waals surface area (Å²) in [5.41, 5.74) is 6.37. The predicted molar refractivity (Wildman–Crippen MR) is 105 cm³/mol. The number of carbonyl (C=O) groups is 1. The Balaban J connectivity index is 2.22. The number of amides is 1. The fourth-order valence-electron chi connectivity index (χ4n) is 3.38. The molecule has 0 fully saturated rings. The number of fused-ring (bicyclic) bond motifs is 1. The largest absolute Gasteiger partial charge is 0.314 e. The van der Waals surface area contributed by atoms with E-state index >= 15 is 0 Å². The summed E-state index contributed by atoms with van der Waals surface area (Å²) in [6.07, 6.45) is 0.345. The number of para-hydroxylation sites is 2. The first-order valence-electron chi connectivity index (χ1n) is 8.96. The summed E-state index contributed by atoms with van der Waals surface area (Å²) in [5.74, 6) is 0.857. The average Bonchev–Trinajstić information content (AvgIpc) is 2.59. The van der Waals surface area contributed by atoms with E-state index in [4.69, 9.17) is 4.99 Å². The third kappa shape index (κ3) is 3.23. The maximum atomic E-state index is 12.4. The fraction of sp³-hybridized carbons (Fsp3) is 0.364. The van der Waals surface area contributed by atoms with E-state index in [1.165, 1.54) is 11.1 Å². The Morgan fingerprint density at radius 3 is 2.12 bits per heavy atom. The van der Waals surface area contributed by atoms with Crippen molar-refractivity contribution in [2.24, 2.45) is 4.99 Å². The Morgan fingerprint density at radius 2 is 1.52 bits per heavy atom. The van der Waals surface area contributed by atoms with Gasteiger partial charge in [-0.3, -0.25) is 9.79 Å². The summed E-state index contributed by atoms with van der Waals surface area (Å²) in [6, 6.07) is 14.4. The van der Waals surface area contributed by atoms with Crippen LogP contribution in [-0.2, 0) is 4.79 Å². The van der Waals surface area contributed by atoms with Crippen molar-refractivity contribution in [1.82, 2.24) is 0 Å². The summed E-state index contributed by atoms with van der Waals surface area (Å²) in [5, 5.41) is 0. The number of hydrogen-bond acceptors (Lipinski definition) is 2. The maximum absolute atomic E-state index is 12.4. The van der Waals surface area contributed by atoms with Crippen LogP contribution in [0, 0.1) is 0 Å². The number of nitrogens with zero attached hydrogens (tertiary/aromatic N) is 2. The van der Waals surface area contributed by atoms with Crippen molar-refractivity contribution in [2.75, 3.05) is 11.9 Å². The molecule has 130 valence electrons. The molecule has 0 aliphatic carbocycles. The second-order valence-corrected chi connectivity index (χ2v) is 7.30. The first kappa shape index (κ1) is 17.4. The molecule has 0 radical (unpaired) electrons. The summed E-state index contributed by atoms with van der Waals surface area (Å²) < 4.78 is 0. The van der Waals surface area contributed by atoms with Crippen LogP contribution < -0.4 is 4.90 Å². The van der Waals surface area contributed by atoms with Crippen molar-refractivity contribution in [3.63, 3.8) is 0 Å². The molecule has 3 nitrogen and oxygen atoms in total. The first-order valence-corrected chi connectivity index (χ1v) is 8.96. The summed E-state index contributed by atoms with van der Waals surface area (Å²) in [4.78, 5) is 19.2. The predicted octanol–water partition coefficient (Wildman–Crippen LogP) is 5.42. The number of aliphatic imine (C=N–C) groups is 1. The summed E-state index contributed by atoms with van der Waals surface area (Å²) in [6.45, 7) is 8.77. The molecule has 1 amide bonds. The molecular formula is C22H26N2O. The second-order valence-electron chi connectivity index (χ2n) is 7.30. The molecule has 0 saturated heterocycles. The minimum atomic E-state index is 0.0885. The van der Waals surface area contributed by atoms with Gasteiger partial charge in [0.15, 0.2) is 0 Å². The number of rotatable bonds is 3. The van der Waals surface area contributed by atoms with Crippen LogP contribution in [0.3, 0.4) is 0 Å². The lowest BCUT2D eigenvalue weighted by Crippen LogP contribution is -2.34. The molecule has 3 rings (SSSR count). The number of hydrogen-bond donors (Lipinski definition) is 0. The van der Waals surface area contributed by atoms with Crippen molar-refractivity contribution in [3.05, 3.63) is 59.2 Å². The monoisotopic (exact) mass is 334 g/mol. The van der Waals surface area contributed by atoms with Gasteiger partial charge in [-0.2, -0.15) is 0 Å². The Hall–Kier alpha value is -2.42. The standard InChI is InChI=1S/C22H26N2O/c1-14(2)16-10-8-11-17(15(3)4)22(16)23-19-13-21(25)24(5)20-12-7-6-9-18(19)20/h6-12,14-15H,13H2,1-5H3. The molecule has 1 aliphatic heterocycles. The molecule has 1 heterocycles. The van der Waals surface area contributed by atoms with Crippen LogP contribution in [0.25, 0.3) is 0 Å². The SMILES string of the molecule is CC(C)c1cccc(C(C)C)c1N=C1CC(=O)N(C)c2ccccc21. The fourth-order valence-corrected chi connectivity index (χ4v) is 3.38. The molecule has 0 spiro atoms. The molecule has 0 saturated carbocycles. The lowest BCUT2D eigenvalue weighted by Gasteiger charge is -2.27. The van der Waals surface area contributed by atoms with Gasteiger partial charge in [0.2, 0.25) is 5.91 Å². The van der Waals surface area contributed by atoms with Crippen LogP contribution >= 0.6 is 0 Å². The average molecular weight is 334 g/mol.